The average molecular weight is 509 g/mol. The fraction of sp³-hybridized carbons (Fsp3) is 0.519. The summed E-state index contributed by atoms with van der Waals surface area (Å²) in [5.41, 5.74) is 6.15. The van der Waals surface area contributed by atoms with Crippen LogP contribution < -0.4 is 10.5 Å². The normalized spacial score (nSPS) is 15.4. The third-order valence-corrected chi connectivity index (χ3v) is 5.99. The molecule has 0 aromatic heterocycles. The van der Waals surface area contributed by atoms with Gasteiger partial charge < -0.3 is 20.1 Å². The van der Waals surface area contributed by atoms with Crippen LogP contribution in [-0.2, 0) is 10.7 Å². The maximum atomic E-state index is 15.2. The highest BCUT2D eigenvalue weighted by atomic mass is 35.5. The van der Waals surface area contributed by atoms with E-state index in [0.717, 1.165) is 0 Å². The van der Waals surface area contributed by atoms with Crippen LogP contribution in [0.25, 0.3) is 11.1 Å². The average Bonchev–Trinajstić information content (AvgIpc) is 2.72. The van der Waals surface area contributed by atoms with Gasteiger partial charge in [0.05, 0.1) is 5.02 Å². The van der Waals surface area contributed by atoms with E-state index in [9.17, 15) is 4.79 Å². The first-order valence-electron chi connectivity index (χ1n) is 12.0. The lowest BCUT2D eigenvalue weighted by Gasteiger charge is -2.33. The number of amides is 1. The van der Waals surface area contributed by atoms with E-state index in [0.29, 0.717) is 37.2 Å². The van der Waals surface area contributed by atoms with Gasteiger partial charge in [-0.1, -0.05) is 37.6 Å². The SMILES string of the molecule is CC(C)CC(F)(F)c1cc(N)cc(Cl)c1-c1cccc(OC2CCN(C(=O)OC(C)(C)C)CC2)c1. The molecule has 192 valence electrons. The smallest absolute Gasteiger partial charge is 0.410 e. The third kappa shape index (κ3) is 7.23. The summed E-state index contributed by atoms with van der Waals surface area (Å²) in [6.07, 6.45) is 0.540. The Balaban J connectivity index is 1.78. The number of carbonyl (C=O) groups is 1. The van der Waals surface area contributed by atoms with Gasteiger partial charge >= 0.3 is 6.09 Å². The summed E-state index contributed by atoms with van der Waals surface area (Å²) in [4.78, 5) is 14.0. The van der Waals surface area contributed by atoms with E-state index in [2.05, 4.69) is 0 Å². The monoisotopic (exact) mass is 508 g/mol. The first-order valence-corrected chi connectivity index (χ1v) is 12.4. The Morgan fingerprint density at radius 2 is 1.83 bits per heavy atom. The zero-order chi connectivity index (χ0) is 26.0. The van der Waals surface area contributed by atoms with E-state index >= 15 is 8.78 Å². The standard InChI is InChI=1S/C27H35ClF2N2O3/c1-17(2)16-27(29,30)22-14-19(31)15-23(28)24(22)18-7-6-8-21(13-18)34-20-9-11-32(12-10-20)25(33)35-26(3,4)5/h6-8,13-15,17,20H,9-12,16,31H2,1-5H3. The summed E-state index contributed by atoms with van der Waals surface area (Å²) in [6.45, 7) is 10.1. The number of nitrogen functional groups attached to an aromatic ring is 1. The zero-order valence-corrected chi connectivity index (χ0v) is 21.8. The third-order valence-electron chi connectivity index (χ3n) is 5.69. The lowest BCUT2D eigenvalue weighted by Crippen LogP contribution is -2.44. The molecule has 0 saturated carbocycles. The molecule has 1 fully saturated rings. The predicted octanol–water partition coefficient (Wildman–Crippen LogP) is 7.51. The van der Waals surface area contributed by atoms with Gasteiger partial charge in [-0.15, -0.1) is 0 Å². The van der Waals surface area contributed by atoms with Crippen molar-refractivity contribution in [3.8, 4) is 16.9 Å². The fourth-order valence-electron chi connectivity index (χ4n) is 4.23. The lowest BCUT2D eigenvalue weighted by atomic mass is 9.90. The van der Waals surface area contributed by atoms with Gasteiger partial charge in [0.1, 0.15) is 17.5 Å². The van der Waals surface area contributed by atoms with Crippen molar-refractivity contribution >= 4 is 23.4 Å². The Labute approximate surface area is 211 Å². The maximum absolute atomic E-state index is 15.2. The first kappa shape index (κ1) is 27.1. The zero-order valence-electron chi connectivity index (χ0n) is 21.0. The number of hydrogen-bond acceptors (Lipinski definition) is 4. The molecule has 2 N–H and O–H groups in total. The second kappa shape index (κ2) is 10.6. The Morgan fingerprint density at radius 3 is 2.43 bits per heavy atom. The Morgan fingerprint density at radius 1 is 1.17 bits per heavy atom. The number of nitrogens with two attached hydrogens (primary N) is 1. The number of hydrogen-bond donors (Lipinski definition) is 1. The van der Waals surface area contributed by atoms with E-state index < -0.39 is 11.5 Å². The van der Waals surface area contributed by atoms with Gasteiger partial charge in [0.25, 0.3) is 5.92 Å². The molecule has 0 spiro atoms. The van der Waals surface area contributed by atoms with Crippen molar-refractivity contribution in [2.45, 2.75) is 71.5 Å². The molecular weight excluding hydrogens is 474 g/mol. The number of rotatable bonds is 6. The Hall–Kier alpha value is -2.54. The maximum Gasteiger partial charge on any atom is 0.410 e. The number of halogens is 3. The van der Waals surface area contributed by atoms with Crippen LogP contribution in [0.15, 0.2) is 36.4 Å². The number of likely N-dealkylation sites (tertiary alicyclic amines) is 1. The second-order valence-electron chi connectivity index (χ2n) is 10.5. The van der Waals surface area contributed by atoms with Crippen LogP contribution in [0, 0.1) is 5.92 Å². The molecular formula is C27H35ClF2N2O3. The van der Waals surface area contributed by atoms with E-state index in [1.807, 2.05) is 20.8 Å². The lowest BCUT2D eigenvalue weighted by molar-refractivity contribution is -0.0243. The summed E-state index contributed by atoms with van der Waals surface area (Å²) in [5, 5.41) is 0.172. The Bertz CT molecular complexity index is 1050. The number of benzene rings is 2. The number of carbonyl (C=O) groups excluding carboxylic acids is 1. The molecule has 0 bridgehead atoms. The van der Waals surface area contributed by atoms with Crippen LogP contribution >= 0.6 is 11.6 Å². The van der Waals surface area contributed by atoms with E-state index in [-0.39, 0.29) is 46.4 Å². The van der Waals surface area contributed by atoms with Gasteiger partial charge in [0.2, 0.25) is 0 Å². The van der Waals surface area contributed by atoms with Crippen molar-refractivity contribution in [2.75, 3.05) is 18.8 Å². The van der Waals surface area contributed by atoms with Crippen molar-refractivity contribution in [1.82, 2.24) is 4.90 Å². The van der Waals surface area contributed by atoms with Gasteiger partial charge in [-0.3, -0.25) is 0 Å². The summed E-state index contributed by atoms with van der Waals surface area (Å²) >= 11 is 6.44. The molecule has 1 amide bonds. The molecule has 5 nitrogen and oxygen atoms in total. The van der Waals surface area contributed by atoms with Gasteiger partial charge in [0, 0.05) is 49.2 Å². The van der Waals surface area contributed by atoms with E-state index in [4.69, 9.17) is 26.8 Å². The minimum absolute atomic E-state index is 0.104. The minimum Gasteiger partial charge on any atom is -0.490 e. The molecule has 2 aromatic rings. The molecule has 3 rings (SSSR count). The van der Waals surface area contributed by atoms with Crippen LogP contribution in [0.4, 0.5) is 19.3 Å². The van der Waals surface area contributed by atoms with Crippen LogP contribution in [0.1, 0.15) is 59.4 Å². The number of piperidine rings is 1. The molecule has 1 aliphatic heterocycles. The van der Waals surface area contributed by atoms with E-state index in [1.165, 1.54) is 12.1 Å². The van der Waals surface area contributed by atoms with Gasteiger partial charge in [-0.05, 0) is 56.5 Å². The van der Waals surface area contributed by atoms with Gasteiger partial charge in [-0.2, -0.15) is 0 Å². The molecule has 1 aliphatic rings. The molecule has 0 radical (unpaired) electrons. The van der Waals surface area contributed by atoms with Crippen molar-refractivity contribution in [3.05, 3.63) is 47.0 Å². The summed E-state index contributed by atoms with van der Waals surface area (Å²) in [5.74, 6) is -2.74. The van der Waals surface area contributed by atoms with Crippen LogP contribution in [0.5, 0.6) is 5.75 Å². The van der Waals surface area contributed by atoms with Crippen molar-refractivity contribution in [3.63, 3.8) is 0 Å². The molecule has 1 heterocycles. The van der Waals surface area contributed by atoms with Gasteiger partial charge in [0.15, 0.2) is 0 Å². The van der Waals surface area contributed by atoms with Crippen LogP contribution in [-0.4, -0.2) is 35.8 Å². The largest absolute Gasteiger partial charge is 0.490 e. The fourth-order valence-corrected chi connectivity index (χ4v) is 4.57. The minimum atomic E-state index is -3.09. The quantitative estimate of drug-likeness (QED) is 0.410. The van der Waals surface area contributed by atoms with Crippen molar-refractivity contribution in [1.29, 1.82) is 0 Å². The number of nitrogens with zero attached hydrogens (tertiary/aromatic N) is 1. The highest BCUT2D eigenvalue weighted by Crippen LogP contribution is 2.45. The molecule has 0 aliphatic carbocycles. The van der Waals surface area contributed by atoms with Crippen LogP contribution in [0.3, 0.4) is 0 Å². The summed E-state index contributed by atoms with van der Waals surface area (Å²) in [6, 6.07) is 9.82. The molecule has 35 heavy (non-hydrogen) atoms. The van der Waals surface area contributed by atoms with Crippen LogP contribution in [0.2, 0.25) is 5.02 Å². The number of alkyl halides is 2. The summed E-state index contributed by atoms with van der Waals surface area (Å²) in [7, 11) is 0. The molecule has 1 saturated heterocycles. The van der Waals surface area contributed by atoms with Crippen molar-refractivity contribution in [2.24, 2.45) is 5.92 Å². The highest BCUT2D eigenvalue weighted by molar-refractivity contribution is 6.33. The topological polar surface area (TPSA) is 64.8 Å². The second-order valence-corrected chi connectivity index (χ2v) is 10.9. The number of ether oxygens (including phenoxy) is 2. The first-order chi connectivity index (χ1) is 16.2. The molecule has 8 heteroatoms. The number of anilines is 1. The summed E-state index contributed by atoms with van der Waals surface area (Å²) < 4.78 is 42.0. The van der Waals surface area contributed by atoms with E-state index in [1.54, 1.807) is 43.0 Å². The molecule has 0 unspecified atom stereocenters. The molecule has 2 aromatic carbocycles. The Kier molecular flexibility index (Phi) is 8.20. The van der Waals surface area contributed by atoms with Gasteiger partial charge in [-0.25, -0.2) is 13.6 Å². The van der Waals surface area contributed by atoms with Crippen molar-refractivity contribution < 1.29 is 23.0 Å². The molecule has 0 atom stereocenters. The predicted molar refractivity (Wildman–Crippen MR) is 136 cm³/mol. The highest BCUT2D eigenvalue weighted by Gasteiger charge is 2.36.